The molecule has 3 heterocycles. The number of aryl methyl sites for hydroxylation is 1. The molecule has 136 valence electrons. The van der Waals surface area contributed by atoms with Crippen molar-refractivity contribution in [2.24, 2.45) is 0 Å². The molecule has 0 fully saturated rings. The summed E-state index contributed by atoms with van der Waals surface area (Å²) in [5.74, 6) is 1.53. The molecule has 0 saturated heterocycles. The van der Waals surface area contributed by atoms with Gasteiger partial charge in [-0.05, 0) is 39.3 Å². The third kappa shape index (κ3) is 4.40. The normalized spacial score (nSPS) is 17.4. The smallest absolute Gasteiger partial charge is 0.345 e. The van der Waals surface area contributed by atoms with Crippen molar-refractivity contribution in [3.63, 3.8) is 0 Å². The van der Waals surface area contributed by atoms with Crippen molar-refractivity contribution >= 4 is 17.7 Å². The Morgan fingerprint density at radius 3 is 3.00 bits per heavy atom. The van der Waals surface area contributed by atoms with Gasteiger partial charge in [0, 0.05) is 31.7 Å². The fraction of sp³-hybridized carbons (Fsp3) is 0.625. The van der Waals surface area contributed by atoms with Crippen LogP contribution in [0.15, 0.2) is 22.1 Å². The van der Waals surface area contributed by atoms with Crippen LogP contribution in [0.4, 0.5) is 5.95 Å². The van der Waals surface area contributed by atoms with Gasteiger partial charge in [-0.1, -0.05) is 0 Å². The number of anilines is 1. The molecule has 0 saturated carbocycles. The fourth-order valence-electron chi connectivity index (χ4n) is 2.92. The van der Waals surface area contributed by atoms with Crippen LogP contribution in [0.25, 0.3) is 0 Å². The van der Waals surface area contributed by atoms with Crippen molar-refractivity contribution in [1.82, 2.24) is 29.2 Å². The van der Waals surface area contributed by atoms with E-state index in [-0.39, 0.29) is 11.7 Å². The van der Waals surface area contributed by atoms with E-state index in [0.717, 1.165) is 36.7 Å². The molecule has 8 nitrogen and oxygen atoms in total. The zero-order valence-corrected chi connectivity index (χ0v) is 15.8. The molecule has 25 heavy (non-hydrogen) atoms. The minimum absolute atomic E-state index is 0.00173. The molecule has 9 heteroatoms. The summed E-state index contributed by atoms with van der Waals surface area (Å²) in [5.41, 5.74) is -0.00173. The molecule has 0 amide bonds. The number of hydrogen-bond donors (Lipinski definition) is 1. The van der Waals surface area contributed by atoms with E-state index in [0.29, 0.717) is 19.0 Å². The summed E-state index contributed by atoms with van der Waals surface area (Å²) >= 11 is 1.60. The summed E-state index contributed by atoms with van der Waals surface area (Å²) in [7, 11) is 3.99. The third-order valence-corrected chi connectivity index (χ3v) is 4.99. The summed E-state index contributed by atoms with van der Waals surface area (Å²) in [6.45, 7) is 2.11. The minimum atomic E-state index is -0.00173. The molecular weight excluding hydrogens is 338 g/mol. The molecule has 3 rings (SSSR count). The highest BCUT2D eigenvalue weighted by molar-refractivity contribution is 7.98. The number of hydrogen-bond acceptors (Lipinski definition) is 7. The second kappa shape index (κ2) is 8.01. The summed E-state index contributed by atoms with van der Waals surface area (Å²) in [6.07, 6.45) is 6.32. The Bertz CT molecular complexity index is 770. The molecule has 1 unspecified atom stereocenters. The first kappa shape index (κ1) is 17.9. The van der Waals surface area contributed by atoms with Crippen molar-refractivity contribution < 1.29 is 0 Å². The lowest BCUT2D eigenvalue weighted by atomic mass is 10.1. The van der Waals surface area contributed by atoms with Gasteiger partial charge in [-0.2, -0.15) is 5.10 Å². The zero-order valence-electron chi connectivity index (χ0n) is 15.0. The number of thioether (sulfide) groups is 1. The molecule has 2 aromatic heterocycles. The fourth-order valence-corrected chi connectivity index (χ4v) is 3.30. The second-order valence-corrected chi connectivity index (χ2v) is 7.29. The van der Waals surface area contributed by atoms with Crippen LogP contribution >= 0.6 is 11.8 Å². The summed E-state index contributed by atoms with van der Waals surface area (Å²) in [5, 5.41) is 8.88. The lowest BCUT2D eigenvalue weighted by Gasteiger charge is -2.16. The van der Waals surface area contributed by atoms with Crippen LogP contribution in [-0.2, 0) is 19.5 Å². The lowest BCUT2D eigenvalue weighted by Crippen LogP contribution is -2.30. The standard InChI is InChI=1S/C16H25N7OS/c1-21(2)10-11-23-16(24)22-9-7-12(4-5-13(22)20-23)18-15-17-8-6-14(19-15)25-3/h6,8,12H,4-5,7,9-11H2,1-3H3,(H,17,18,19). The predicted octanol–water partition coefficient (Wildman–Crippen LogP) is 0.935. The maximum Gasteiger partial charge on any atom is 0.345 e. The highest BCUT2D eigenvalue weighted by atomic mass is 32.2. The lowest BCUT2D eigenvalue weighted by molar-refractivity contribution is 0.367. The van der Waals surface area contributed by atoms with Gasteiger partial charge < -0.3 is 10.2 Å². The van der Waals surface area contributed by atoms with Crippen molar-refractivity contribution in [3.05, 3.63) is 28.6 Å². The molecule has 0 spiro atoms. The summed E-state index contributed by atoms with van der Waals surface area (Å²) < 4.78 is 3.41. The van der Waals surface area contributed by atoms with Crippen LogP contribution in [0.5, 0.6) is 0 Å². The van der Waals surface area contributed by atoms with Gasteiger partial charge in [-0.3, -0.25) is 4.57 Å². The van der Waals surface area contributed by atoms with Gasteiger partial charge in [-0.25, -0.2) is 19.4 Å². The van der Waals surface area contributed by atoms with E-state index in [1.807, 2.05) is 31.0 Å². The summed E-state index contributed by atoms with van der Waals surface area (Å²) in [6, 6.07) is 2.14. The van der Waals surface area contributed by atoms with Crippen LogP contribution in [0, 0.1) is 0 Å². The first-order valence-corrected chi connectivity index (χ1v) is 9.74. The number of likely N-dealkylation sites (N-methyl/N-ethyl adjacent to an activating group) is 1. The Hall–Kier alpha value is -1.87. The first-order chi connectivity index (χ1) is 12.1. The van der Waals surface area contributed by atoms with Gasteiger partial charge in [0.25, 0.3) is 0 Å². The molecule has 1 N–H and O–H groups in total. The highest BCUT2D eigenvalue weighted by Crippen LogP contribution is 2.17. The second-order valence-electron chi connectivity index (χ2n) is 6.47. The topological polar surface area (TPSA) is 80.9 Å². The molecule has 0 radical (unpaired) electrons. The number of aromatic nitrogens is 5. The molecule has 2 aromatic rings. The molecule has 1 aliphatic rings. The zero-order chi connectivity index (χ0) is 17.8. The average Bonchev–Trinajstić information content (AvgIpc) is 2.77. The molecule has 0 aliphatic carbocycles. The number of fused-ring (bicyclic) bond motifs is 1. The number of nitrogens with zero attached hydrogens (tertiary/aromatic N) is 6. The Morgan fingerprint density at radius 1 is 1.40 bits per heavy atom. The minimum Gasteiger partial charge on any atom is -0.351 e. The van der Waals surface area contributed by atoms with E-state index in [2.05, 4.69) is 25.3 Å². The van der Waals surface area contributed by atoms with Gasteiger partial charge in [0.15, 0.2) is 0 Å². The van der Waals surface area contributed by atoms with Gasteiger partial charge in [0.1, 0.15) is 10.9 Å². The average molecular weight is 363 g/mol. The maximum atomic E-state index is 12.5. The largest absolute Gasteiger partial charge is 0.351 e. The molecule has 1 aliphatic heterocycles. The molecule has 1 atom stereocenters. The molecule has 0 aromatic carbocycles. The van der Waals surface area contributed by atoms with Crippen LogP contribution in [0.2, 0.25) is 0 Å². The van der Waals surface area contributed by atoms with E-state index >= 15 is 0 Å². The van der Waals surface area contributed by atoms with Crippen molar-refractivity contribution in [1.29, 1.82) is 0 Å². The SMILES string of the molecule is CSc1ccnc(NC2CCc3nn(CCN(C)C)c(=O)n3CC2)n1. The predicted molar refractivity (Wildman–Crippen MR) is 99.2 cm³/mol. The van der Waals surface area contributed by atoms with E-state index in [9.17, 15) is 4.79 Å². The van der Waals surface area contributed by atoms with Gasteiger partial charge in [-0.15, -0.1) is 11.8 Å². The van der Waals surface area contributed by atoms with Crippen LogP contribution in [0.1, 0.15) is 18.7 Å². The maximum absolute atomic E-state index is 12.5. The van der Waals surface area contributed by atoms with E-state index in [1.165, 1.54) is 0 Å². The van der Waals surface area contributed by atoms with Crippen molar-refractivity contribution in [2.45, 2.75) is 43.4 Å². The van der Waals surface area contributed by atoms with Crippen LogP contribution in [-0.4, -0.2) is 62.2 Å². The third-order valence-electron chi connectivity index (χ3n) is 4.35. The quantitative estimate of drug-likeness (QED) is 0.604. The highest BCUT2D eigenvalue weighted by Gasteiger charge is 2.21. The Balaban J connectivity index is 1.65. The Kier molecular flexibility index (Phi) is 5.74. The number of rotatable bonds is 6. The first-order valence-electron chi connectivity index (χ1n) is 8.51. The van der Waals surface area contributed by atoms with Gasteiger partial charge >= 0.3 is 5.69 Å². The molecular formula is C16H25N7OS. The van der Waals surface area contributed by atoms with Crippen LogP contribution < -0.4 is 11.0 Å². The molecule has 0 bridgehead atoms. The summed E-state index contributed by atoms with van der Waals surface area (Å²) in [4.78, 5) is 23.3. The van der Waals surface area contributed by atoms with Crippen LogP contribution in [0.3, 0.4) is 0 Å². The Morgan fingerprint density at radius 2 is 2.24 bits per heavy atom. The van der Waals surface area contributed by atoms with Gasteiger partial charge in [0.05, 0.1) is 6.54 Å². The number of nitrogens with one attached hydrogen (secondary N) is 1. The van der Waals surface area contributed by atoms with Gasteiger partial charge in [0.2, 0.25) is 5.95 Å². The van der Waals surface area contributed by atoms with E-state index < -0.39 is 0 Å². The van der Waals surface area contributed by atoms with E-state index in [1.54, 1.807) is 22.6 Å². The van der Waals surface area contributed by atoms with Crippen molar-refractivity contribution in [2.75, 3.05) is 32.2 Å². The van der Waals surface area contributed by atoms with E-state index in [4.69, 9.17) is 0 Å². The Labute approximate surface area is 151 Å². The van der Waals surface area contributed by atoms with Crippen molar-refractivity contribution in [3.8, 4) is 0 Å². The monoisotopic (exact) mass is 363 g/mol.